The molecule has 8 heteroatoms. The summed E-state index contributed by atoms with van der Waals surface area (Å²) in [4.78, 5) is 16.2. The molecule has 0 unspecified atom stereocenters. The van der Waals surface area contributed by atoms with E-state index in [1.807, 2.05) is 0 Å². The Morgan fingerprint density at radius 2 is 2.27 bits per heavy atom. The second kappa shape index (κ2) is 9.83. The van der Waals surface area contributed by atoms with E-state index in [-0.39, 0.29) is 35.4 Å². The van der Waals surface area contributed by atoms with Crippen LogP contribution in [-0.4, -0.2) is 37.1 Å². The molecule has 1 fully saturated rings. The lowest BCUT2D eigenvalue weighted by Crippen LogP contribution is -2.36. The summed E-state index contributed by atoms with van der Waals surface area (Å²) in [6.07, 6.45) is 2.81. The molecule has 1 aliphatic heterocycles. The van der Waals surface area contributed by atoms with Crippen molar-refractivity contribution in [1.82, 2.24) is 15.6 Å². The van der Waals surface area contributed by atoms with Crippen LogP contribution < -0.4 is 10.6 Å². The Labute approximate surface area is 162 Å². The molecule has 1 aliphatic rings. The zero-order chi connectivity index (χ0) is 17.6. The Kier molecular flexibility index (Phi) is 7.78. The summed E-state index contributed by atoms with van der Waals surface area (Å²) in [5, 5.41) is 6.26. The number of carbonyl (C=O) groups excluding carboxylic acids is 1. The lowest BCUT2D eigenvalue weighted by atomic mass is 9.95. The molecule has 1 aromatic carbocycles. The molecule has 2 atom stereocenters. The van der Waals surface area contributed by atoms with E-state index < -0.39 is 5.82 Å². The quantitative estimate of drug-likeness (QED) is 0.829. The standard InChI is InChI=1S/C18H19ClFN3O2.ClH/c19-15-4-3-12(8-16(15)20)17-14(10-22-6-7-25-17)11-23-18(24)13-2-1-5-21-9-13;/h1-5,8-9,14,17,22H,6-7,10-11H2,(H,23,24);1H/t14-,17-;/m0./s1. The lowest BCUT2D eigenvalue weighted by Gasteiger charge is -2.25. The zero-order valence-electron chi connectivity index (χ0n) is 14.0. The lowest BCUT2D eigenvalue weighted by molar-refractivity contribution is 0.0304. The summed E-state index contributed by atoms with van der Waals surface area (Å²) < 4.78 is 19.7. The van der Waals surface area contributed by atoms with Crippen LogP contribution in [0, 0.1) is 11.7 Å². The van der Waals surface area contributed by atoms with Gasteiger partial charge in [0.15, 0.2) is 0 Å². The van der Waals surface area contributed by atoms with Crippen molar-refractivity contribution in [2.24, 2.45) is 5.92 Å². The largest absolute Gasteiger partial charge is 0.372 e. The van der Waals surface area contributed by atoms with Gasteiger partial charge in [0.1, 0.15) is 5.82 Å². The summed E-state index contributed by atoms with van der Waals surface area (Å²) in [5.41, 5.74) is 1.21. The Balaban J connectivity index is 0.00000243. The van der Waals surface area contributed by atoms with Gasteiger partial charge in [-0.25, -0.2) is 4.39 Å². The summed E-state index contributed by atoms with van der Waals surface area (Å²) >= 11 is 5.77. The monoisotopic (exact) mass is 399 g/mol. The van der Waals surface area contributed by atoms with Crippen LogP contribution in [0.15, 0.2) is 42.7 Å². The van der Waals surface area contributed by atoms with Gasteiger partial charge in [0.2, 0.25) is 0 Å². The van der Waals surface area contributed by atoms with Crippen LogP contribution in [0.1, 0.15) is 22.0 Å². The van der Waals surface area contributed by atoms with Gasteiger partial charge in [-0.15, -0.1) is 12.4 Å². The fourth-order valence-electron chi connectivity index (χ4n) is 2.85. The number of nitrogens with zero attached hydrogens (tertiary/aromatic N) is 1. The van der Waals surface area contributed by atoms with Crippen LogP contribution in [-0.2, 0) is 4.74 Å². The fourth-order valence-corrected chi connectivity index (χ4v) is 2.97. The van der Waals surface area contributed by atoms with Gasteiger partial charge in [0.05, 0.1) is 23.3 Å². The number of rotatable bonds is 4. The van der Waals surface area contributed by atoms with Gasteiger partial charge < -0.3 is 15.4 Å². The molecule has 140 valence electrons. The second-order valence-electron chi connectivity index (χ2n) is 5.88. The molecule has 2 N–H and O–H groups in total. The van der Waals surface area contributed by atoms with Gasteiger partial charge in [-0.2, -0.15) is 0 Å². The summed E-state index contributed by atoms with van der Waals surface area (Å²) in [6.45, 7) is 2.28. The molecule has 0 radical (unpaired) electrons. The molecule has 1 aromatic heterocycles. The van der Waals surface area contributed by atoms with E-state index in [2.05, 4.69) is 15.6 Å². The molecule has 26 heavy (non-hydrogen) atoms. The normalized spacial score (nSPS) is 19.9. The highest BCUT2D eigenvalue weighted by molar-refractivity contribution is 6.30. The highest BCUT2D eigenvalue weighted by Gasteiger charge is 2.27. The number of halogens is 3. The van der Waals surface area contributed by atoms with Crippen molar-refractivity contribution >= 4 is 29.9 Å². The topological polar surface area (TPSA) is 63.2 Å². The molecule has 1 amide bonds. The maximum absolute atomic E-state index is 13.8. The first kappa shape index (κ1) is 20.6. The number of ether oxygens (including phenoxy) is 1. The number of hydrogen-bond donors (Lipinski definition) is 2. The van der Waals surface area contributed by atoms with E-state index >= 15 is 0 Å². The van der Waals surface area contributed by atoms with Crippen LogP contribution in [0.5, 0.6) is 0 Å². The van der Waals surface area contributed by atoms with Crippen LogP contribution in [0.2, 0.25) is 5.02 Å². The molecule has 0 bridgehead atoms. The van der Waals surface area contributed by atoms with Gasteiger partial charge in [0.25, 0.3) is 5.91 Å². The average Bonchev–Trinajstić information content (AvgIpc) is 2.88. The first-order valence-corrected chi connectivity index (χ1v) is 8.48. The Bertz CT molecular complexity index is 734. The predicted octanol–water partition coefficient (Wildman–Crippen LogP) is 3.00. The minimum Gasteiger partial charge on any atom is -0.372 e. The highest BCUT2D eigenvalue weighted by atomic mass is 35.5. The minimum absolute atomic E-state index is 0. The van der Waals surface area contributed by atoms with Crippen molar-refractivity contribution < 1.29 is 13.9 Å². The molecular weight excluding hydrogens is 380 g/mol. The number of pyridine rings is 1. The number of amides is 1. The molecule has 0 spiro atoms. The van der Waals surface area contributed by atoms with Gasteiger partial charge in [0, 0.05) is 37.9 Å². The van der Waals surface area contributed by atoms with E-state index in [1.54, 1.807) is 24.4 Å². The maximum atomic E-state index is 13.8. The van der Waals surface area contributed by atoms with Crippen molar-refractivity contribution in [2.45, 2.75) is 6.10 Å². The van der Waals surface area contributed by atoms with Crippen molar-refractivity contribution in [2.75, 3.05) is 26.2 Å². The Hall–Kier alpha value is -1.73. The third-order valence-corrected chi connectivity index (χ3v) is 4.44. The van der Waals surface area contributed by atoms with Crippen LogP contribution in [0.25, 0.3) is 0 Å². The average molecular weight is 400 g/mol. The maximum Gasteiger partial charge on any atom is 0.252 e. The van der Waals surface area contributed by atoms with Crippen molar-refractivity contribution in [3.8, 4) is 0 Å². The van der Waals surface area contributed by atoms with Crippen LogP contribution in [0.4, 0.5) is 4.39 Å². The van der Waals surface area contributed by atoms with Gasteiger partial charge in [-0.05, 0) is 29.8 Å². The second-order valence-corrected chi connectivity index (χ2v) is 6.29. The van der Waals surface area contributed by atoms with E-state index in [9.17, 15) is 9.18 Å². The zero-order valence-corrected chi connectivity index (χ0v) is 15.5. The van der Waals surface area contributed by atoms with Crippen molar-refractivity contribution in [1.29, 1.82) is 0 Å². The number of hydrogen-bond acceptors (Lipinski definition) is 4. The minimum atomic E-state index is -0.474. The molecular formula is C18H20Cl2FN3O2. The first-order valence-electron chi connectivity index (χ1n) is 8.10. The van der Waals surface area contributed by atoms with Gasteiger partial charge >= 0.3 is 0 Å². The highest BCUT2D eigenvalue weighted by Crippen LogP contribution is 2.29. The van der Waals surface area contributed by atoms with E-state index in [4.69, 9.17) is 16.3 Å². The molecule has 2 aromatic rings. The van der Waals surface area contributed by atoms with Gasteiger partial charge in [-0.1, -0.05) is 17.7 Å². The number of carbonyl (C=O) groups is 1. The van der Waals surface area contributed by atoms with Crippen LogP contribution >= 0.6 is 24.0 Å². The Morgan fingerprint density at radius 3 is 3.00 bits per heavy atom. The molecule has 5 nitrogen and oxygen atoms in total. The molecule has 1 saturated heterocycles. The molecule has 2 heterocycles. The van der Waals surface area contributed by atoms with Crippen molar-refractivity contribution in [3.63, 3.8) is 0 Å². The Morgan fingerprint density at radius 1 is 1.42 bits per heavy atom. The SMILES string of the molecule is Cl.O=C(NC[C@@H]1CNCCO[C@H]1c1ccc(Cl)c(F)c1)c1cccnc1. The van der Waals surface area contributed by atoms with E-state index in [1.165, 1.54) is 18.3 Å². The fraction of sp³-hybridized carbons (Fsp3) is 0.333. The molecule has 0 aliphatic carbocycles. The third kappa shape index (κ3) is 5.14. The number of nitrogens with one attached hydrogen (secondary N) is 2. The molecule has 0 saturated carbocycles. The summed E-state index contributed by atoms with van der Waals surface area (Å²) in [6, 6.07) is 8.10. The summed E-state index contributed by atoms with van der Waals surface area (Å²) in [7, 11) is 0. The van der Waals surface area contributed by atoms with E-state index in [0.717, 1.165) is 0 Å². The van der Waals surface area contributed by atoms with Gasteiger partial charge in [-0.3, -0.25) is 9.78 Å². The smallest absolute Gasteiger partial charge is 0.252 e. The summed E-state index contributed by atoms with van der Waals surface area (Å²) in [5.74, 6) is -0.708. The van der Waals surface area contributed by atoms with E-state index in [0.29, 0.717) is 37.4 Å². The molecule has 3 rings (SSSR count). The third-order valence-electron chi connectivity index (χ3n) is 4.13. The number of aromatic nitrogens is 1. The van der Waals surface area contributed by atoms with Crippen molar-refractivity contribution in [3.05, 3.63) is 64.7 Å². The predicted molar refractivity (Wildman–Crippen MR) is 100 cm³/mol. The van der Waals surface area contributed by atoms with Crippen LogP contribution in [0.3, 0.4) is 0 Å². The first-order chi connectivity index (χ1) is 12.1. The number of benzene rings is 1.